The normalized spacial score (nSPS) is 10.3. The molecular formula is C13H12ClN3O3S. The molecule has 3 N–H and O–H groups in total. The maximum Gasteiger partial charge on any atom is 0.335 e. The zero-order chi connectivity index (χ0) is 15.2. The summed E-state index contributed by atoms with van der Waals surface area (Å²) < 4.78 is 0. The van der Waals surface area contributed by atoms with Crippen LogP contribution in [0.1, 0.15) is 15.2 Å². The Bertz CT molecular complexity index is 646. The van der Waals surface area contributed by atoms with E-state index in [-0.39, 0.29) is 28.7 Å². The van der Waals surface area contributed by atoms with Gasteiger partial charge in [-0.2, -0.15) is 0 Å². The Balaban J connectivity index is 1.90. The molecule has 110 valence electrons. The van der Waals surface area contributed by atoms with Crippen molar-refractivity contribution in [3.05, 3.63) is 45.4 Å². The van der Waals surface area contributed by atoms with Crippen LogP contribution in [0.25, 0.3) is 0 Å². The largest absolute Gasteiger partial charge is 0.478 e. The van der Waals surface area contributed by atoms with E-state index < -0.39 is 5.97 Å². The lowest BCUT2D eigenvalue weighted by molar-refractivity contribution is -0.115. The molecule has 1 amide bonds. The number of nitrogens with one attached hydrogen (secondary N) is 2. The molecular weight excluding hydrogens is 314 g/mol. The van der Waals surface area contributed by atoms with Gasteiger partial charge in [0.1, 0.15) is 0 Å². The van der Waals surface area contributed by atoms with Gasteiger partial charge in [0, 0.05) is 17.6 Å². The van der Waals surface area contributed by atoms with Gasteiger partial charge in [-0.1, -0.05) is 11.6 Å². The van der Waals surface area contributed by atoms with E-state index in [1.807, 2.05) is 0 Å². The summed E-state index contributed by atoms with van der Waals surface area (Å²) in [6.07, 6.45) is 1.72. The minimum atomic E-state index is -1.08. The van der Waals surface area contributed by atoms with Gasteiger partial charge >= 0.3 is 5.97 Å². The molecule has 21 heavy (non-hydrogen) atoms. The SMILES string of the molecule is O=C(CNCc1cncs1)Nc1cc(C(=O)O)ccc1Cl. The maximum atomic E-state index is 11.8. The van der Waals surface area contributed by atoms with Crippen molar-refractivity contribution in [3.8, 4) is 0 Å². The fourth-order valence-electron chi connectivity index (χ4n) is 1.58. The second kappa shape index (κ2) is 7.16. The number of carboxylic acids is 1. The molecule has 0 saturated heterocycles. The predicted octanol–water partition coefficient (Wildman–Crippen LogP) is 2.22. The van der Waals surface area contributed by atoms with Crippen molar-refractivity contribution < 1.29 is 14.7 Å². The highest BCUT2D eigenvalue weighted by Crippen LogP contribution is 2.23. The van der Waals surface area contributed by atoms with Crippen LogP contribution in [0.3, 0.4) is 0 Å². The molecule has 0 spiro atoms. The summed E-state index contributed by atoms with van der Waals surface area (Å²) >= 11 is 7.42. The quantitative estimate of drug-likeness (QED) is 0.757. The molecule has 2 rings (SSSR count). The van der Waals surface area contributed by atoms with Crippen LogP contribution < -0.4 is 10.6 Å². The first-order valence-electron chi connectivity index (χ1n) is 5.97. The van der Waals surface area contributed by atoms with E-state index in [2.05, 4.69) is 15.6 Å². The van der Waals surface area contributed by atoms with Crippen LogP contribution in [0.15, 0.2) is 29.9 Å². The number of nitrogens with zero attached hydrogens (tertiary/aromatic N) is 1. The Morgan fingerprint density at radius 3 is 2.86 bits per heavy atom. The molecule has 0 fully saturated rings. The van der Waals surface area contributed by atoms with Gasteiger partial charge in [0.25, 0.3) is 0 Å². The van der Waals surface area contributed by atoms with E-state index in [1.54, 1.807) is 11.7 Å². The highest BCUT2D eigenvalue weighted by Gasteiger charge is 2.10. The molecule has 1 aromatic carbocycles. The third-order valence-corrected chi connectivity index (χ3v) is 3.66. The van der Waals surface area contributed by atoms with Crippen LogP contribution >= 0.6 is 22.9 Å². The number of aromatic nitrogens is 1. The Labute approximate surface area is 129 Å². The van der Waals surface area contributed by atoms with Crippen LogP contribution in [0, 0.1) is 0 Å². The van der Waals surface area contributed by atoms with Gasteiger partial charge in [0.2, 0.25) is 5.91 Å². The van der Waals surface area contributed by atoms with E-state index in [4.69, 9.17) is 16.7 Å². The average molecular weight is 326 g/mol. The first-order chi connectivity index (χ1) is 10.1. The van der Waals surface area contributed by atoms with Crippen molar-refractivity contribution >= 4 is 40.5 Å². The van der Waals surface area contributed by atoms with Crippen molar-refractivity contribution in [1.82, 2.24) is 10.3 Å². The summed E-state index contributed by atoms with van der Waals surface area (Å²) in [6.45, 7) is 0.631. The number of hydrogen-bond donors (Lipinski definition) is 3. The number of carbonyl (C=O) groups excluding carboxylic acids is 1. The van der Waals surface area contributed by atoms with E-state index in [1.165, 1.54) is 29.5 Å². The molecule has 2 aromatic rings. The second-order valence-corrected chi connectivity index (χ2v) is 5.50. The fraction of sp³-hybridized carbons (Fsp3) is 0.154. The molecule has 0 atom stereocenters. The lowest BCUT2D eigenvalue weighted by Crippen LogP contribution is -2.27. The Hall–Kier alpha value is -1.96. The zero-order valence-corrected chi connectivity index (χ0v) is 12.4. The summed E-state index contributed by atoms with van der Waals surface area (Å²) in [6, 6.07) is 4.14. The number of aromatic carboxylic acids is 1. The molecule has 0 aliphatic heterocycles. The highest BCUT2D eigenvalue weighted by molar-refractivity contribution is 7.09. The van der Waals surface area contributed by atoms with Crippen molar-refractivity contribution in [2.24, 2.45) is 0 Å². The van der Waals surface area contributed by atoms with Crippen molar-refractivity contribution in [3.63, 3.8) is 0 Å². The molecule has 0 aliphatic carbocycles. The summed E-state index contributed by atoms with van der Waals surface area (Å²) in [7, 11) is 0. The second-order valence-electron chi connectivity index (χ2n) is 4.12. The first kappa shape index (κ1) is 15.4. The number of halogens is 1. The first-order valence-corrected chi connectivity index (χ1v) is 7.23. The van der Waals surface area contributed by atoms with Crippen molar-refractivity contribution in [2.45, 2.75) is 6.54 Å². The minimum absolute atomic E-state index is 0.0623. The van der Waals surface area contributed by atoms with Gasteiger partial charge in [0.15, 0.2) is 0 Å². The van der Waals surface area contributed by atoms with Crippen LogP contribution in [-0.2, 0) is 11.3 Å². The number of hydrogen-bond acceptors (Lipinski definition) is 5. The van der Waals surface area contributed by atoms with E-state index >= 15 is 0 Å². The molecule has 0 saturated carbocycles. The number of thiazole rings is 1. The lowest BCUT2D eigenvalue weighted by atomic mass is 10.2. The number of carboxylic acid groups (broad SMARTS) is 1. The van der Waals surface area contributed by atoms with E-state index in [0.717, 1.165) is 4.88 Å². The van der Waals surface area contributed by atoms with E-state index in [9.17, 15) is 9.59 Å². The predicted molar refractivity (Wildman–Crippen MR) is 80.9 cm³/mol. The van der Waals surface area contributed by atoms with Crippen molar-refractivity contribution in [1.29, 1.82) is 0 Å². The van der Waals surface area contributed by atoms with Crippen LogP contribution in [-0.4, -0.2) is 28.5 Å². The Kier molecular flexibility index (Phi) is 5.26. The molecule has 0 radical (unpaired) electrons. The number of anilines is 1. The van der Waals surface area contributed by atoms with Crippen LogP contribution in [0.5, 0.6) is 0 Å². The number of amides is 1. The standard InChI is InChI=1S/C13H12ClN3O3S/c14-10-2-1-8(13(19)20)3-11(10)17-12(18)6-15-4-9-5-16-7-21-9/h1-3,5,7,15H,4,6H2,(H,17,18)(H,19,20). The molecule has 0 unspecified atom stereocenters. The minimum Gasteiger partial charge on any atom is -0.478 e. The van der Waals surface area contributed by atoms with Gasteiger partial charge in [-0.15, -0.1) is 11.3 Å². The molecule has 8 heteroatoms. The fourth-order valence-corrected chi connectivity index (χ4v) is 2.31. The van der Waals surface area contributed by atoms with Gasteiger partial charge in [-0.05, 0) is 18.2 Å². The summed E-state index contributed by atoms with van der Waals surface area (Å²) in [4.78, 5) is 27.6. The summed E-state index contributed by atoms with van der Waals surface area (Å²) in [5, 5.41) is 14.7. The third-order valence-electron chi connectivity index (χ3n) is 2.56. The maximum absolute atomic E-state index is 11.8. The third kappa shape index (κ3) is 4.52. The number of rotatable bonds is 6. The monoisotopic (exact) mass is 325 g/mol. The van der Waals surface area contributed by atoms with Gasteiger partial charge in [0.05, 0.1) is 28.3 Å². The highest BCUT2D eigenvalue weighted by atomic mass is 35.5. The molecule has 1 heterocycles. The summed E-state index contributed by atoms with van der Waals surface area (Å²) in [5.74, 6) is -1.38. The Morgan fingerprint density at radius 2 is 2.19 bits per heavy atom. The van der Waals surface area contributed by atoms with Crippen molar-refractivity contribution in [2.75, 3.05) is 11.9 Å². The van der Waals surface area contributed by atoms with Gasteiger partial charge < -0.3 is 15.7 Å². The van der Waals surface area contributed by atoms with E-state index in [0.29, 0.717) is 6.54 Å². The number of benzene rings is 1. The molecule has 1 aromatic heterocycles. The molecule has 6 nitrogen and oxygen atoms in total. The van der Waals surface area contributed by atoms with Crippen LogP contribution in [0.4, 0.5) is 5.69 Å². The molecule has 0 aliphatic rings. The summed E-state index contributed by atoms with van der Waals surface area (Å²) in [5.41, 5.74) is 2.06. The van der Waals surface area contributed by atoms with Crippen LogP contribution in [0.2, 0.25) is 5.02 Å². The van der Waals surface area contributed by atoms with Gasteiger partial charge in [-0.25, -0.2) is 4.79 Å². The lowest BCUT2D eigenvalue weighted by Gasteiger charge is -2.08. The average Bonchev–Trinajstić information content (AvgIpc) is 2.94. The molecule has 0 bridgehead atoms. The Morgan fingerprint density at radius 1 is 1.38 bits per heavy atom. The zero-order valence-electron chi connectivity index (χ0n) is 10.8. The smallest absolute Gasteiger partial charge is 0.335 e. The topological polar surface area (TPSA) is 91.3 Å². The van der Waals surface area contributed by atoms with Gasteiger partial charge in [-0.3, -0.25) is 9.78 Å². The number of carbonyl (C=O) groups is 2.